The van der Waals surface area contributed by atoms with E-state index >= 15 is 0 Å². The quantitative estimate of drug-likeness (QED) is 0.788. The van der Waals surface area contributed by atoms with Gasteiger partial charge in [0.25, 0.3) is 0 Å². The van der Waals surface area contributed by atoms with Crippen molar-refractivity contribution in [2.75, 3.05) is 39.4 Å². The Hall–Kier alpha value is -1.14. The highest BCUT2D eigenvalue weighted by atomic mass is 35.5. The van der Waals surface area contributed by atoms with Crippen LogP contribution in [0.15, 0.2) is 24.3 Å². The van der Waals surface area contributed by atoms with Crippen molar-refractivity contribution in [2.24, 2.45) is 0 Å². The fraction of sp³-hybridized carbons (Fsp3) is 0.462. The van der Waals surface area contributed by atoms with E-state index in [2.05, 4.69) is 4.90 Å². The van der Waals surface area contributed by atoms with Gasteiger partial charge in [0.05, 0.1) is 13.2 Å². The zero-order chi connectivity index (χ0) is 13.7. The van der Waals surface area contributed by atoms with Crippen LogP contribution in [0.5, 0.6) is 0 Å². The minimum Gasteiger partial charge on any atom is -0.756 e. The molecular formula is C13H16ClN2O3-. The van der Waals surface area contributed by atoms with E-state index in [0.29, 0.717) is 35.4 Å². The number of benzene rings is 1. The van der Waals surface area contributed by atoms with Crippen molar-refractivity contribution in [2.45, 2.75) is 0 Å². The summed E-state index contributed by atoms with van der Waals surface area (Å²) in [4.78, 5) is 14.0. The lowest BCUT2D eigenvalue weighted by Gasteiger charge is -2.33. The molecule has 1 fully saturated rings. The van der Waals surface area contributed by atoms with Crippen molar-refractivity contribution < 1.29 is 9.53 Å². The summed E-state index contributed by atoms with van der Waals surface area (Å²) >= 11 is 5.74. The summed E-state index contributed by atoms with van der Waals surface area (Å²) in [5.41, 5.74) is 0.362. The lowest BCUT2D eigenvalue weighted by molar-refractivity contribution is 0.0347. The van der Waals surface area contributed by atoms with Crippen LogP contribution >= 0.6 is 11.6 Å². The predicted molar refractivity (Wildman–Crippen MR) is 73.1 cm³/mol. The molecule has 0 bridgehead atoms. The van der Waals surface area contributed by atoms with Gasteiger partial charge in [-0.25, -0.2) is 0 Å². The Kier molecular flexibility index (Phi) is 5.15. The first-order chi connectivity index (χ1) is 9.16. The van der Waals surface area contributed by atoms with Crippen LogP contribution in [0.4, 0.5) is 0 Å². The maximum Gasteiger partial charge on any atom is 0.243 e. The molecule has 0 aliphatic carbocycles. The molecular weight excluding hydrogens is 268 g/mol. The maximum absolute atomic E-state index is 11.9. The van der Waals surface area contributed by atoms with Gasteiger partial charge in [-0.05, 0) is 24.3 Å². The summed E-state index contributed by atoms with van der Waals surface area (Å²) in [6.45, 7) is 3.73. The second-order valence-corrected chi connectivity index (χ2v) is 4.80. The first-order valence-corrected chi connectivity index (χ1v) is 6.59. The van der Waals surface area contributed by atoms with Crippen LogP contribution in [0.1, 0.15) is 10.4 Å². The van der Waals surface area contributed by atoms with Crippen molar-refractivity contribution in [1.29, 1.82) is 0 Å². The number of morpholine rings is 1. The van der Waals surface area contributed by atoms with E-state index < -0.39 is 5.91 Å². The molecule has 1 aromatic rings. The molecule has 0 unspecified atom stereocenters. The summed E-state index contributed by atoms with van der Waals surface area (Å²) in [6.07, 6.45) is 0. The minimum absolute atomic E-state index is 0.168. The van der Waals surface area contributed by atoms with Gasteiger partial charge in [0.1, 0.15) is 0 Å². The third kappa shape index (κ3) is 4.18. The van der Waals surface area contributed by atoms with Crippen molar-refractivity contribution in [3.63, 3.8) is 0 Å². The standard InChI is InChI=1S/C13H16ClN2O3/c14-12-3-1-11(2-4-12)13(17)16(18)6-5-15-7-9-19-10-8-15/h1-4H,5-10H2/q-1. The molecule has 0 spiro atoms. The topological polar surface area (TPSA) is 55.8 Å². The van der Waals surface area contributed by atoms with Gasteiger partial charge in [0.15, 0.2) is 0 Å². The molecule has 0 aromatic heterocycles. The molecule has 2 rings (SSSR count). The number of amides is 1. The van der Waals surface area contributed by atoms with Gasteiger partial charge in [0.2, 0.25) is 5.91 Å². The SMILES string of the molecule is O=C(c1ccc(Cl)cc1)N([O-])CCN1CCOCC1. The van der Waals surface area contributed by atoms with Crippen molar-refractivity contribution >= 4 is 17.5 Å². The highest BCUT2D eigenvalue weighted by Crippen LogP contribution is 2.11. The number of halogens is 1. The van der Waals surface area contributed by atoms with E-state index in [-0.39, 0.29) is 6.54 Å². The molecule has 6 heteroatoms. The summed E-state index contributed by atoms with van der Waals surface area (Å²) in [5.74, 6) is -0.523. The molecule has 0 radical (unpaired) electrons. The van der Waals surface area contributed by atoms with Crippen LogP contribution < -0.4 is 0 Å². The number of carbonyl (C=O) groups excluding carboxylic acids is 1. The number of hydrogen-bond donors (Lipinski definition) is 0. The molecule has 0 saturated carbocycles. The number of hydrogen-bond acceptors (Lipinski definition) is 4. The van der Waals surface area contributed by atoms with E-state index in [4.69, 9.17) is 16.3 Å². The number of rotatable bonds is 4. The molecule has 0 atom stereocenters. The second-order valence-electron chi connectivity index (χ2n) is 4.37. The van der Waals surface area contributed by atoms with Gasteiger partial charge in [-0.3, -0.25) is 9.69 Å². The molecule has 5 nitrogen and oxygen atoms in total. The summed E-state index contributed by atoms with van der Waals surface area (Å²) in [6, 6.07) is 6.32. The van der Waals surface area contributed by atoms with Crippen LogP contribution in [0, 0.1) is 5.21 Å². The Morgan fingerprint density at radius 3 is 2.58 bits per heavy atom. The zero-order valence-corrected chi connectivity index (χ0v) is 11.3. The Labute approximate surface area is 117 Å². The second kappa shape index (κ2) is 6.86. The third-order valence-corrected chi connectivity index (χ3v) is 3.29. The van der Waals surface area contributed by atoms with Gasteiger partial charge in [-0.15, -0.1) is 0 Å². The maximum atomic E-state index is 11.9. The Balaban J connectivity index is 1.83. The third-order valence-electron chi connectivity index (χ3n) is 3.04. The molecule has 1 aliphatic heterocycles. The van der Waals surface area contributed by atoms with Gasteiger partial charge >= 0.3 is 0 Å². The summed E-state index contributed by atoms with van der Waals surface area (Å²) < 4.78 is 5.22. The van der Waals surface area contributed by atoms with Gasteiger partial charge in [-0.2, -0.15) is 0 Å². The van der Waals surface area contributed by atoms with Gasteiger partial charge in [0, 0.05) is 36.8 Å². The molecule has 19 heavy (non-hydrogen) atoms. The fourth-order valence-electron chi connectivity index (χ4n) is 1.90. The van der Waals surface area contributed by atoms with Crippen LogP contribution in [0.25, 0.3) is 0 Å². The molecule has 0 N–H and O–H groups in total. The van der Waals surface area contributed by atoms with E-state index in [0.717, 1.165) is 13.1 Å². The van der Waals surface area contributed by atoms with E-state index in [1.54, 1.807) is 24.3 Å². The largest absolute Gasteiger partial charge is 0.756 e. The Morgan fingerprint density at radius 2 is 1.95 bits per heavy atom. The molecule has 1 saturated heterocycles. The average Bonchev–Trinajstić information content (AvgIpc) is 2.46. The zero-order valence-electron chi connectivity index (χ0n) is 10.5. The molecule has 1 aromatic carbocycles. The van der Waals surface area contributed by atoms with Crippen LogP contribution in [0.2, 0.25) is 5.02 Å². The summed E-state index contributed by atoms with van der Waals surface area (Å²) in [7, 11) is 0. The first kappa shape index (κ1) is 14.3. The van der Waals surface area contributed by atoms with Crippen molar-refractivity contribution in [3.05, 3.63) is 40.1 Å². The number of hydroxylamine groups is 2. The summed E-state index contributed by atoms with van der Waals surface area (Å²) in [5, 5.41) is 12.8. The van der Waals surface area contributed by atoms with Gasteiger partial charge in [-0.1, -0.05) is 11.6 Å². The number of ether oxygens (including phenoxy) is 1. The smallest absolute Gasteiger partial charge is 0.243 e. The number of carbonyl (C=O) groups is 1. The van der Waals surface area contributed by atoms with Crippen LogP contribution in [-0.2, 0) is 4.74 Å². The lowest BCUT2D eigenvalue weighted by Crippen LogP contribution is -2.41. The fourth-order valence-corrected chi connectivity index (χ4v) is 2.02. The molecule has 1 aliphatic rings. The first-order valence-electron chi connectivity index (χ1n) is 6.21. The predicted octanol–water partition coefficient (Wildman–Crippen LogP) is 1.61. The number of nitrogens with zero attached hydrogens (tertiary/aromatic N) is 2. The van der Waals surface area contributed by atoms with E-state index in [1.807, 2.05) is 0 Å². The minimum atomic E-state index is -0.523. The highest BCUT2D eigenvalue weighted by molar-refractivity contribution is 6.30. The Morgan fingerprint density at radius 1 is 1.32 bits per heavy atom. The monoisotopic (exact) mass is 283 g/mol. The Bertz CT molecular complexity index is 418. The van der Waals surface area contributed by atoms with E-state index in [1.165, 1.54) is 0 Å². The van der Waals surface area contributed by atoms with Crippen molar-refractivity contribution in [3.8, 4) is 0 Å². The van der Waals surface area contributed by atoms with E-state index in [9.17, 15) is 10.0 Å². The van der Waals surface area contributed by atoms with Crippen molar-refractivity contribution in [1.82, 2.24) is 9.96 Å². The molecule has 1 heterocycles. The van der Waals surface area contributed by atoms with Gasteiger partial charge < -0.3 is 15.0 Å². The average molecular weight is 284 g/mol. The highest BCUT2D eigenvalue weighted by Gasteiger charge is 2.12. The van der Waals surface area contributed by atoms with Crippen LogP contribution in [-0.4, -0.2) is 55.3 Å². The molecule has 1 amide bonds. The lowest BCUT2D eigenvalue weighted by atomic mass is 10.2. The normalized spacial score (nSPS) is 16.3. The van der Waals surface area contributed by atoms with Crippen LogP contribution in [0.3, 0.4) is 0 Å². The molecule has 104 valence electrons.